The molecule has 0 radical (unpaired) electrons. The van der Waals surface area contributed by atoms with E-state index in [0.29, 0.717) is 5.69 Å². The van der Waals surface area contributed by atoms with E-state index in [0.717, 1.165) is 21.8 Å². The van der Waals surface area contributed by atoms with Gasteiger partial charge >= 0.3 is 5.97 Å². The van der Waals surface area contributed by atoms with Crippen molar-refractivity contribution in [2.24, 2.45) is 0 Å². The van der Waals surface area contributed by atoms with Crippen LogP contribution in [0.4, 0.5) is 0 Å². The Kier molecular flexibility index (Phi) is 2.08. The number of H-pyrrole nitrogens is 1. The van der Waals surface area contributed by atoms with Gasteiger partial charge in [-0.3, -0.25) is 0 Å². The number of nitrogens with one attached hydrogen (secondary N) is 1. The monoisotopic (exact) mass is 226 g/mol. The molecule has 2 heterocycles. The summed E-state index contributed by atoms with van der Waals surface area (Å²) < 4.78 is 4.72. The molecule has 0 fully saturated rings. The van der Waals surface area contributed by atoms with Crippen LogP contribution in [0, 0.1) is 0 Å². The number of pyridine rings is 1. The van der Waals surface area contributed by atoms with E-state index in [1.807, 2.05) is 30.3 Å². The second kappa shape index (κ2) is 3.59. The highest BCUT2D eigenvalue weighted by Gasteiger charge is 2.14. The van der Waals surface area contributed by atoms with Crippen molar-refractivity contribution in [3.05, 3.63) is 42.2 Å². The third-order valence-electron chi connectivity index (χ3n) is 2.81. The van der Waals surface area contributed by atoms with E-state index in [-0.39, 0.29) is 0 Å². The van der Waals surface area contributed by atoms with Crippen molar-refractivity contribution in [2.75, 3.05) is 7.11 Å². The van der Waals surface area contributed by atoms with Crippen molar-refractivity contribution in [3.8, 4) is 0 Å². The number of methoxy groups -OCH3 is 1. The average Bonchev–Trinajstić information content (AvgIpc) is 2.76. The molecule has 0 aliphatic heterocycles. The van der Waals surface area contributed by atoms with Crippen molar-refractivity contribution in [1.82, 2.24) is 9.97 Å². The Hall–Kier alpha value is -2.36. The maximum absolute atomic E-state index is 11.6. The van der Waals surface area contributed by atoms with E-state index in [4.69, 9.17) is 4.74 Å². The molecule has 2 aromatic heterocycles. The predicted molar refractivity (Wildman–Crippen MR) is 64.9 cm³/mol. The maximum atomic E-state index is 11.6. The number of esters is 1. The lowest BCUT2D eigenvalue weighted by molar-refractivity contribution is 0.0596. The second-order valence-corrected chi connectivity index (χ2v) is 3.74. The van der Waals surface area contributed by atoms with Gasteiger partial charge in [-0.2, -0.15) is 0 Å². The molecule has 1 aromatic carbocycles. The first-order valence-electron chi connectivity index (χ1n) is 5.25. The number of aromatic nitrogens is 2. The lowest BCUT2D eigenvalue weighted by Crippen LogP contribution is -2.04. The lowest BCUT2D eigenvalue weighted by Gasteiger charge is -1.99. The molecule has 0 amide bonds. The fraction of sp³-hybridized carbons (Fsp3) is 0.0769. The molecule has 0 spiro atoms. The number of carbonyl (C=O) groups is 1. The van der Waals surface area contributed by atoms with Gasteiger partial charge in [0, 0.05) is 22.5 Å². The number of ether oxygens (including phenoxy) is 1. The summed E-state index contributed by atoms with van der Waals surface area (Å²) in [5, 5.41) is 2.06. The highest BCUT2D eigenvalue weighted by atomic mass is 16.5. The van der Waals surface area contributed by atoms with Crippen LogP contribution in [0.25, 0.3) is 21.8 Å². The van der Waals surface area contributed by atoms with Crippen LogP contribution in [0.1, 0.15) is 10.5 Å². The molecule has 4 heteroatoms. The number of fused-ring (bicyclic) bond motifs is 3. The summed E-state index contributed by atoms with van der Waals surface area (Å²) in [6.07, 6.45) is 1.62. The Morgan fingerprint density at radius 3 is 2.88 bits per heavy atom. The summed E-state index contributed by atoms with van der Waals surface area (Å²) in [5.41, 5.74) is 2.03. The van der Waals surface area contributed by atoms with E-state index in [2.05, 4.69) is 9.97 Å². The average molecular weight is 226 g/mol. The molecule has 17 heavy (non-hydrogen) atoms. The molecular weight excluding hydrogens is 216 g/mol. The topological polar surface area (TPSA) is 55.0 Å². The molecule has 0 aliphatic carbocycles. The highest BCUT2D eigenvalue weighted by molar-refractivity contribution is 6.12. The summed E-state index contributed by atoms with van der Waals surface area (Å²) in [7, 11) is 1.35. The minimum Gasteiger partial charge on any atom is -0.464 e. The van der Waals surface area contributed by atoms with Crippen molar-refractivity contribution in [2.45, 2.75) is 0 Å². The molecule has 0 aliphatic rings. The van der Waals surface area contributed by atoms with Gasteiger partial charge in [0.25, 0.3) is 0 Å². The molecule has 0 bridgehead atoms. The Morgan fingerprint density at radius 2 is 2.06 bits per heavy atom. The van der Waals surface area contributed by atoms with E-state index in [1.54, 1.807) is 6.20 Å². The number of aromatic amines is 1. The summed E-state index contributed by atoms with van der Waals surface area (Å²) >= 11 is 0. The smallest absolute Gasteiger partial charge is 0.358 e. The standard InChI is InChI=1S/C13H10N2O2/c1-17-13(16)12-11-9(6-7-14-12)8-4-2-3-5-10(8)15-11/h2-7,15H,1H3. The number of rotatable bonds is 1. The first kappa shape index (κ1) is 9.84. The Bertz CT molecular complexity index is 716. The normalized spacial score (nSPS) is 10.9. The third kappa shape index (κ3) is 1.38. The SMILES string of the molecule is COC(=O)c1nccc2c1[nH]c1ccccc12. The van der Waals surface area contributed by atoms with Gasteiger partial charge in [0.1, 0.15) is 0 Å². The van der Waals surface area contributed by atoms with E-state index < -0.39 is 5.97 Å². The van der Waals surface area contributed by atoms with Gasteiger partial charge < -0.3 is 9.72 Å². The summed E-state index contributed by atoms with van der Waals surface area (Å²) in [4.78, 5) is 18.9. The zero-order chi connectivity index (χ0) is 11.8. The van der Waals surface area contributed by atoms with Crippen LogP contribution in [0.15, 0.2) is 36.5 Å². The van der Waals surface area contributed by atoms with Gasteiger partial charge in [-0.05, 0) is 12.1 Å². The first-order chi connectivity index (χ1) is 8.31. The van der Waals surface area contributed by atoms with Crippen LogP contribution in [0.2, 0.25) is 0 Å². The van der Waals surface area contributed by atoms with Crippen LogP contribution in [0.5, 0.6) is 0 Å². The van der Waals surface area contributed by atoms with Crippen molar-refractivity contribution < 1.29 is 9.53 Å². The quantitative estimate of drug-likeness (QED) is 0.648. The number of benzene rings is 1. The number of nitrogens with zero attached hydrogens (tertiary/aromatic N) is 1. The largest absolute Gasteiger partial charge is 0.464 e. The van der Waals surface area contributed by atoms with Crippen molar-refractivity contribution >= 4 is 27.8 Å². The van der Waals surface area contributed by atoms with E-state index >= 15 is 0 Å². The summed E-state index contributed by atoms with van der Waals surface area (Å²) in [6, 6.07) is 9.78. The van der Waals surface area contributed by atoms with Crippen LogP contribution in [0.3, 0.4) is 0 Å². The van der Waals surface area contributed by atoms with E-state index in [1.165, 1.54) is 7.11 Å². The minimum atomic E-state index is -0.429. The van der Waals surface area contributed by atoms with Gasteiger partial charge in [-0.1, -0.05) is 18.2 Å². The zero-order valence-electron chi connectivity index (χ0n) is 9.23. The molecule has 3 aromatic rings. The molecular formula is C13H10N2O2. The lowest BCUT2D eigenvalue weighted by atomic mass is 10.1. The molecule has 3 rings (SSSR count). The predicted octanol–water partition coefficient (Wildman–Crippen LogP) is 2.50. The second-order valence-electron chi connectivity index (χ2n) is 3.74. The maximum Gasteiger partial charge on any atom is 0.358 e. The first-order valence-corrected chi connectivity index (χ1v) is 5.25. The molecule has 0 saturated heterocycles. The fourth-order valence-electron chi connectivity index (χ4n) is 2.03. The number of hydrogen-bond acceptors (Lipinski definition) is 3. The molecule has 0 saturated carbocycles. The van der Waals surface area contributed by atoms with Crippen LogP contribution in [-0.4, -0.2) is 23.0 Å². The highest BCUT2D eigenvalue weighted by Crippen LogP contribution is 2.26. The van der Waals surface area contributed by atoms with Crippen molar-refractivity contribution in [3.63, 3.8) is 0 Å². The Labute approximate surface area is 97.2 Å². The van der Waals surface area contributed by atoms with Gasteiger partial charge in [0.2, 0.25) is 0 Å². The van der Waals surface area contributed by atoms with E-state index in [9.17, 15) is 4.79 Å². The Morgan fingerprint density at radius 1 is 1.24 bits per heavy atom. The van der Waals surface area contributed by atoms with Gasteiger partial charge in [-0.25, -0.2) is 9.78 Å². The minimum absolute atomic E-state index is 0.321. The molecule has 84 valence electrons. The van der Waals surface area contributed by atoms with Crippen LogP contribution >= 0.6 is 0 Å². The zero-order valence-corrected chi connectivity index (χ0v) is 9.23. The van der Waals surface area contributed by atoms with Crippen LogP contribution in [-0.2, 0) is 4.74 Å². The number of carbonyl (C=O) groups excluding carboxylic acids is 1. The van der Waals surface area contributed by atoms with Gasteiger partial charge in [-0.15, -0.1) is 0 Å². The molecule has 4 nitrogen and oxygen atoms in total. The molecule has 0 atom stereocenters. The van der Waals surface area contributed by atoms with Crippen molar-refractivity contribution in [1.29, 1.82) is 0 Å². The van der Waals surface area contributed by atoms with Crippen LogP contribution < -0.4 is 0 Å². The number of para-hydroxylation sites is 1. The molecule has 0 unspecified atom stereocenters. The summed E-state index contributed by atoms with van der Waals surface area (Å²) in [5.74, 6) is -0.429. The summed E-state index contributed by atoms with van der Waals surface area (Å²) in [6.45, 7) is 0. The fourth-order valence-corrected chi connectivity index (χ4v) is 2.03. The van der Waals surface area contributed by atoms with Gasteiger partial charge in [0.15, 0.2) is 5.69 Å². The third-order valence-corrected chi connectivity index (χ3v) is 2.81. The number of hydrogen-bond donors (Lipinski definition) is 1. The Balaban J connectivity index is 2.43. The van der Waals surface area contributed by atoms with Gasteiger partial charge in [0.05, 0.1) is 12.6 Å². The molecule has 1 N–H and O–H groups in total.